The zero-order chi connectivity index (χ0) is 18.7. The quantitative estimate of drug-likeness (QED) is 0.649. The van der Waals surface area contributed by atoms with Crippen molar-refractivity contribution in [2.24, 2.45) is 0 Å². The van der Waals surface area contributed by atoms with Crippen LogP contribution in [-0.4, -0.2) is 13.1 Å². The van der Waals surface area contributed by atoms with Crippen molar-refractivity contribution >= 4 is 28.9 Å². The van der Waals surface area contributed by atoms with Crippen molar-refractivity contribution < 1.29 is 18.7 Å². The highest BCUT2D eigenvalue weighted by atomic mass is 35.5. The van der Waals surface area contributed by atoms with Crippen LogP contribution in [0.2, 0.25) is 5.02 Å². The smallest absolute Gasteiger partial charge is 0.310 e. The van der Waals surface area contributed by atoms with E-state index < -0.39 is 5.82 Å². The first kappa shape index (κ1) is 18.5. The van der Waals surface area contributed by atoms with Crippen LogP contribution in [0.15, 0.2) is 36.4 Å². The zero-order valence-corrected chi connectivity index (χ0v) is 15.5. The highest BCUT2D eigenvalue weighted by Gasteiger charge is 2.23. The van der Waals surface area contributed by atoms with Crippen molar-refractivity contribution in [3.8, 4) is 5.75 Å². The summed E-state index contributed by atoms with van der Waals surface area (Å²) in [5.41, 5.74) is 3.38. The summed E-state index contributed by atoms with van der Waals surface area (Å²) in [6.45, 7) is 1.75. The van der Waals surface area contributed by atoms with E-state index in [1.54, 1.807) is 20.1 Å². The highest BCUT2D eigenvalue weighted by molar-refractivity contribution is 6.30. The van der Waals surface area contributed by atoms with Gasteiger partial charge >= 0.3 is 5.97 Å². The molecule has 3 rings (SSSR count). The average molecular weight is 375 g/mol. The normalized spacial score (nSPS) is 13.8. The number of ether oxygens (including phenoxy) is 2. The summed E-state index contributed by atoms with van der Waals surface area (Å²) in [7, 11) is 1.62. The zero-order valence-electron chi connectivity index (χ0n) is 14.8. The molecule has 0 N–H and O–H groups in total. The van der Waals surface area contributed by atoms with Gasteiger partial charge in [-0.2, -0.15) is 0 Å². The molecule has 0 aliphatic heterocycles. The number of hydrogen-bond donors (Lipinski definition) is 0. The Hall–Kier alpha value is -2.33. The fraction of sp³-hybridized carbons (Fsp3) is 0.286. The number of esters is 1. The van der Waals surface area contributed by atoms with Crippen LogP contribution in [-0.2, 0) is 16.0 Å². The predicted octanol–water partition coefficient (Wildman–Crippen LogP) is 5.65. The lowest BCUT2D eigenvalue weighted by molar-refractivity contribution is -0.136. The van der Waals surface area contributed by atoms with E-state index in [4.69, 9.17) is 21.1 Å². The number of methoxy groups -OCH3 is 1. The maximum absolute atomic E-state index is 14.0. The van der Waals surface area contributed by atoms with Gasteiger partial charge in [-0.25, -0.2) is 4.39 Å². The first-order valence-corrected chi connectivity index (χ1v) is 8.97. The summed E-state index contributed by atoms with van der Waals surface area (Å²) >= 11 is 5.82. The Bertz CT molecular complexity index is 874. The molecule has 136 valence electrons. The number of allylic oxidation sites excluding steroid dienone is 1. The molecule has 26 heavy (non-hydrogen) atoms. The number of rotatable bonds is 4. The predicted molar refractivity (Wildman–Crippen MR) is 101 cm³/mol. The lowest BCUT2D eigenvalue weighted by atomic mass is 9.98. The number of benzene rings is 2. The lowest BCUT2D eigenvalue weighted by Gasteiger charge is -2.16. The van der Waals surface area contributed by atoms with Gasteiger partial charge in [-0.1, -0.05) is 24.6 Å². The SMILES string of the molecule is CCC(=O)OC1=C(c2ccc(Cl)c(F)c2)CCCc2cc(OC)ccc21. The van der Waals surface area contributed by atoms with Crippen molar-refractivity contribution in [1.82, 2.24) is 0 Å². The number of halogens is 2. The van der Waals surface area contributed by atoms with Crippen LogP contribution in [0.4, 0.5) is 4.39 Å². The Morgan fingerprint density at radius 3 is 2.69 bits per heavy atom. The van der Waals surface area contributed by atoms with Gasteiger partial charge in [-0.3, -0.25) is 4.79 Å². The van der Waals surface area contributed by atoms with E-state index in [0.717, 1.165) is 35.3 Å². The second-order valence-electron chi connectivity index (χ2n) is 6.14. The number of hydrogen-bond acceptors (Lipinski definition) is 3. The summed E-state index contributed by atoms with van der Waals surface area (Å²) in [6.07, 6.45) is 2.61. The molecule has 0 heterocycles. The van der Waals surface area contributed by atoms with Crippen LogP contribution in [0.1, 0.15) is 42.9 Å². The first-order valence-electron chi connectivity index (χ1n) is 8.60. The Morgan fingerprint density at radius 1 is 1.19 bits per heavy atom. The Labute approximate surface area is 157 Å². The van der Waals surface area contributed by atoms with Crippen molar-refractivity contribution in [1.29, 1.82) is 0 Å². The molecule has 0 radical (unpaired) electrons. The standard InChI is InChI=1S/C21H20ClFO3/c1-3-20(24)26-21-16(14-7-10-18(22)19(23)12-14)6-4-5-13-11-15(25-2)8-9-17(13)21/h7-12H,3-6H2,1-2H3. The molecule has 0 amide bonds. The maximum Gasteiger partial charge on any atom is 0.310 e. The molecule has 0 saturated heterocycles. The van der Waals surface area contributed by atoms with E-state index in [-0.39, 0.29) is 17.4 Å². The summed E-state index contributed by atoms with van der Waals surface area (Å²) in [4.78, 5) is 12.0. The van der Waals surface area contributed by atoms with E-state index in [1.165, 1.54) is 12.1 Å². The molecule has 1 aliphatic rings. The van der Waals surface area contributed by atoms with Crippen LogP contribution in [0, 0.1) is 5.82 Å². The topological polar surface area (TPSA) is 35.5 Å². The summed E-state index contributed by atoms with van der Waals surface area (Å²) in [5, 5.41) is 0.0696. The monoisotopic (exact) mass is 374 g/mol. The van der Waals surface area contributed by atoms with Crippen molar-refractivity contribution in [2.75, 3.05) is 7.11 Å². The van der Waals surface area contributed by atoms with Crippen LogP contribution >= 0.6 is 11.6 Å². The average Bonchev–Trinajstić information content (AvgIpc) is 2.83. The molecule has 0 spiro atoms. The molecule has 3 nitrogen and oxygen atoms in total. The van der Waals surface area contributed by atoms with Crippen LogP contribution in [0.3, 0.4) is 0 Å². The third-order valence-corrected chi connectivity index (χ3v) is 4.78. The largest absolute Gasteiger partial charge is 0.497 e. The molecule has 2 aromatic rings. The molecule has 2 aromatic carbocycles. The summed E-state index contributed by atoms with van der Waals surface area (Å²) in [5.74, 6) is 0.437. The molecule has 0 saturated carbocycles. The van der Waals surface area contributed by atoms with Crippen LogP contribution in [0.25, 0.3) is 11.3 Å². The molecule has 0 bridgehead atoms. The van der Waals surface area contributed by atoms with E-state index in [1.807, 2.05) is 18.2 Å². The van der Waals surface area contributed by atoms with Gasteiger partial charge in [0.1, 0.15) is 17.3 Å². The molecule has 0 fully saturated rings. The van der Waals surface area contributed by atoms with E-state index >= 15 is 0 Å². The van der Waals surface area contributed by atoms with E-state index in [9.17, 15) is 9.18 Å². The minimum absolute atomic E-state index is 0.0696. The van der Waals surface area contributed by atoms with Gasteiger partial charge in [-0.15, -0.1) is 0 Å². The van der Waals surface area contributed by atoms with Gasteiger partial charge in [0.2, 0.25) is 0 Å². The molecular formula is C21H20ClFO3. The number of fused-ring (bicyclic) bond motifs is 1. The Balaban J connectivity index is 2.19. The summed E-state index contributed by atoms with van der Waals surface area (Å²) in [6, 6.07) is 10.4. The molecule has 0 aromatic heterocycles. The Morgan fingerprint density at radius 2 is 2.00 bits per heavy atom. The van der Waals surface area contributed by atoms with Crippen LogP contribution < -0.4 is 4.74 Å². The molecule has 1 aliphatic carbocycles. The van der Waals surface area contributed by atoms with Gasteiger partial charge in [0.05, 0.1) is 12.1 Å². The van der Waals surface area contributed by atoms with Gasteiger partial charge in [0.15, 0.2) is 0 Å². The summed E-state index contributed by atoms with van der Waals surface area (Å²) < 4.78 is 25.0. The number of carbonyl (C=O) groups excluding carboxylic acids is 1. The van der Waals surface area contributed by atoms with Crippen LogP contribution in [0.5, 0.6) is 5.75 Å². The molecule has 0 unspecified atom stereocenters. The highest BCUT2D eigenvalue weighted by Crippen LogP contribution is 2.38. The third kappa shape index (κ3) is 3.75. The second kappa shape index (κ2) is 7.92. The molecule has 5 heteroatoms. The third-order valence-electron chi connectivity index (χ3n) is 4.48. The van der Waals surface area contributed by atoms with E-state index in [2.05, 4.69) is 0 Å². The fourth-order valence-electron chi connectivity index (χ4n) is 3.12. The maximum atomic E-state index is 14.0. The number of aryl methyl sites for hydroxylation is 1. The van der Waals surface area contributed by atoms with Gasteiger partial charge in [0.25, 0.3) is 0 Å². The van der Waals surface area contributed by atoms with Gasteiger partial charge in [-0.05, 0) is 60.7 Å². The lowest BCUT2D eigenvalue weighted by Crippen LogP contribution is -2.05. The first-order chi connectivity index (χ1) is 12.5. The minimum Gasteiger partial charge on any atom is -0.497 e. The number of carbonyl (C=O) groups is 1. The van der Waals surface area contributed by atoms with E-state index in [0.29, 0.717) is 17.7 Å². The molecular weight excluding hydrogens is 355 g/mol. The Kier molecular flexibility index (Phi) is 5.62. The fourth-order valence-corrected chi connectivity index (χ4v) is 3.24. The second-order valence-corrected chi connectivity index (χ2v) is 6.55. The molecule has 0 atom stereocenters. The van der Waals surface area contributed by atoms with Gasteiger partial charge < -0.3 is 9.47 Å². The van der Waals surface area contributed by atoms with Crippen molar-refractivity contribution in [3.63, 3.8) is 0 Å². The van der Waals surface area contributed by atoms with Crippen molar-refractivity contribution in [2.45, 2.75) is 32.6 Å². The minimum atomic E-state index is -0.489. The van der Waals surface area contributed by atoms with Crippen molar-refractivity contribution in [3.05, 3.63) is 63.9 Å². The van der Waals surface area contributed by atoms with Gasteiger partial charge in [0, 0.05) is 17.6 Å².